The summed E-state index contributed by atoms with van der Waals surface area (Å²) >= 11 is 0. The molecule has 7 heteroatoms. The van der Waals surface area contributed by atoms with Crippen LogP contribution in [0, 0.1) is 22.0 Å². The van der Waals surface area contributed by atoms with Gasteiger partial charge in [-0.25, -0.2) is 4.98 Å². The summed E-state index contributed by atoms with van der Waals surface area (Å²) in [4.78, 5) is 18.8. The molecule has 2 rings (SSSR count). The van der Waals surface area contributed by atoms with Gasteiger partial charge in [0.1, 0.15) is 6.20 Å². The van der Waals surface area contributed by atoms with Gasteiger partial charge >= 0.3 is 5.69 Å². The molecule has 116 valence electrons. The first-order chi connectivity index (χ1) is 10.1. The van der Waals surface area contributed by atoms with Gasteiger partial charge in [-0.05, 0) is 31.1 Å². The molecule has 1 aromatic heterocycles. The van der Waals surface area contributed by atoms with Crippen molar-refractivity contribution in [3.8, 4) is 0 Å². The molecule has 1 heterocycles. The molecule has 1 saturated carbocycles. The van der Waals surface area contributed by atoms with E-state index in [9.17, 15) is 10.1 Å². The van der Waals surface area contributed by atoms with Crippen LogP contribution in [0.15, 0.2) is 6.20 Å². The van der Waals surface area contributed by atoms with Gasteiger partial charge in [0, 0.05) is 13.1 Å². The van der Waals surface area contributed by atoms with Gasteiger partial charge in [-0.1, -0.05) is 20.3 Å². The van der Waals surface area contributed by atoms with Gasteiger partial charge in [-0.3, -0.25) is 10.1 Å². The molecule has 2 unspecified atom stereocenters. The highest BCUT2D eigenvalue weighted by Crippen LogP contribution is 2.31. The van der Waals surface area contributed by atoms with Crippen molar-refractivity contribution in [3.63, 3.8) is 0 Å². The van der Waals surface area contributed by atoms with E-state index >= 15 is 0 Å². The average molecular weight is 293 g/mol. The van der Waals surface area contributed by atoms with Crippen LogP contribution in [-0.4, -0.2) is 28.0 Å². The van der Waals surface area contributed by atoms with Gasteiger partial charge in [-0.15, -0.1) is 0 Å². The molecule has 2 atom stereocenters. The lowest BCUT2D eigenvalue weighted by molar-refractivity contribution is -0.384. The van der Waals surface area contributed by atoms with Crippen molar-refractivity contribution in [2.75, 3.05) is 23.7 Å². The van der Waals surface area contributed by atoms with Crippen LogP contribution in [0.25, 0.3) is 0 Å². The third kappa shape index (κ3) is 4.27. The zero-order valence-corrected chi connectivity index (χ0v) is 12.6. The van der Waals surface area contributed by atoms with Gasteiger partial charge in [-0.2, -0.15) is 4.98 Å². The molecule has 0 saturated heterocycles. The van der Waals surface area contributed by atoms with Crippen molar-refractivity contribution in [3.05, 3.63) is 16.3 Å². The Morgan fingerprint density at radius 1 is 1.43 bits per heavy atom. The second-order valence-electron chi connectivity index (χ2n) is 5.78. The largest absolute Gasteiger partial charge is 0.364 e. The van der Waals surface area contributed by atoms with E-state index in [2.05, 4.69) is 27.5 Å². The van der Waals surface area contributed by atoms with E-state index in [0.717, 1.165) is 25.4 Å². The summed E-state index contributed by atoms with van der Waals surface area (Å²) in [6, 6.07) is 0. The topological polar surface area (TPSA) is 93.0 Å². The predicted molar refractivity (Wildman–Crippen MR) is 82.5 cm³/mol. The van der Waals surface area contributed by atoms with Crippen LogP contribution < -0.4 is 10.6 Å². The fourth-order valence-electron chi connectivity index (χ4n) is 2.71. The van der Waals surface area contributed by atoms with Gasteiger partial charge in [0.15, 0.2) is 0 Å². The molecule has 0 bridgehead atoms. The summed E-state index contributed by atoms with van der Waals surface area (Å²) in [5, 5.41) is 17.3. The Kier molecular flexibility index (Phi) is 5.30. The maximum atomic E-state index is 11.1. The summed E-state index contributed by atoms with van der Waals surface area (Å²) in [5.41, 5.74) is -0.0666. The Morgan fingerprint density at radius 2 is 2.24 bits per heavy atom. The minimum atomic E-state index is -0.441. The second-order valence-corrected chi connectivity index (χ2v) is 5.78. The fourth-order valence-corrected chi connectivity index (χ4v) is 2.71. The molecule has 1 aliphatic rings. The first kappa shape index (κ1) is 15.5. The number of nitrogens with zero attached hydrogens (tertiary/aromatic N) is 3. The average Bonchev–Trinajstić information content (AvgIpc) is 2.88. The quantitative estimate of drug-likeness (QED) is 0.593. The van der Waals surface area contributed by atoms with Crippen LogP contribution in [0.5, 0.6) is 0 Å². The van der Waals surface area contributed by atoms with Crippen molar-refractivity contribution >= 4 is 17.5 Å². The van der Waals surface area contributed by atoms with E-state index in [-0.39, 0.29) is 5.69 Å². The van der Waals surface area contributed by atoms with Crippen LogP contribution in [-0.2, 0) is 0 Å². The van der Waals surface area contributed by atoms with Gasteiger partial charge in [0.05, 0.1) is 4.92 Å². The molecular weight excluding hydrogens is 270 g/mol. The standard InChI is InChI=1S/C14H23N5O2/c1-3-6-15-14-17-9-12(19(20)21)13(18-14)16-8-11-5-4-10(2)7-11/h9-11H,3-8H2,1-2H3,(H2,15,16,17,18). The highest BCUT2D eigenvalue weighted by atomic mass is 16.6. The molecular formula is C14H23N5O2. The summed E-state index contributed by atoms with van der Waals surface area (Å²) in [5.74, 6) is 2.07. The van der Waals surface area contributed by atoms with E-state index in [4.69, 9.17) is 0 Å². The zero-order valence-electron chi connectivity index (χ0n) is 12.6. The number of nitro groups is 1. The van der Waals surface area contributed by atoms with Crippen molar-refractivity contribution < 1.29 is 4.92 Å². The van der Waals surface area contributed by atoms with Crippen molar-refractivity contribution in [2.24, 2.45) is 11.8 Å². The molecule has 0 aromatic carbocycles. The molecule has 21 heavy (non-hydrogen) atoms. The second kappa shape index (κ2) is 7.19. The lowest BCUT2D eigenvalue weighted by Crippen LogP contribution is -2.15. The summed E-state index contributed by atoms with van der Waals surface area (Å²) in [6.07, 6.45) is 5.80. The minimum Gasteiger partial charge on any atom is -0.364 e. The Morgan fingerprint density at radius 3 is 2.86 bits per heavy atom. The van der Waals surface area contributed by atoms with Crippen molar-refractivity contribution in [1.82, 2.24) is 9.97 Å². The molecule has 0 amide bonds. The molecule has 0 spiro atoms. The van der Waals surface area contributed by atoms with Crippen LogP contribution in [0.3, 0.4) is 0 Å². The smallest absolute Gasteiger partial charge is 0.329 e. The highest BCUT2D eigenvalue weighted by molar-refractivity contribution is 5.56. The van der Waals surface area contributed by atoms with E-state index in [0.29, 0.717) is 17.7 Å². The molecule has 0 aliphatic heterocycles. The molecule has 1 aromatic rings. The molecule has 1 fully saturated rings. The van der Waals surface area contributed by atoms with Crippen LogP contribution >= 0.6 is 0 Å². The third-order valence-corrected chi connectivity index (χ3v) is 3.86. The summed E-state index contributed by atoms with van der Waals surface area (Å²) < 4.78 is 0. The number of hydrogen-bond acceptors (Lipinski definition) is 6. The van der Waals surface area contributed by atoms with E-state index in [1.54, 1.807) is 0 Å². The number of hydrogen-bond donors (Lipinski definition) is 2. The van der Waals surface area contributed by atoms with E-state index in [1.807, 2.05) is 6.92 Å². The summed E-state index contributed by atoms with van der Waals surface area (Å²) in [6.45, 7) is 5.77. The third-order valence-electron chi connectivity index (χ3n) is 3.86. The Labute approximate surface area is 124 Å². The van der Waals surface area contributed by atoms with Crippen LogP contribution in [0.2, 0.25) is 0 Å². The van der Waals surface area contributed by atoms with Crippen molar-refractivity contribution in [1.29, 1.82) is 0 Å². The number of aromatic nitrogens is 2. The monoisotopic (exact) mass is 293 g/mol. The Bertz CT molecular complexity index is 494. The Balaban J connectivity index is 2.05. The maximum Gasteiger partial charge on any atom is 0.329 e. The Hall–Kier alpha value is -1.92. The minimum absolute atomic E-state index is 0.0666. The lowest BCUT2D eigenvalue weighted by Gasteiger charge is -2.12. The lowest BCUT2D eigenvalue weighted by atomic mass is 10.1. The number of anilines is 2. The number of nitrogens with one attached hydrogen (secondary N) is 2. The van der Waals surface area contributed by atoms with Gasteiger partial charge in [0.25, 0.3) is 0 Å². The SMILES string of the molecule is CCCNc1ncc([N+](=O)[O-])c(NCC2CCC(C)C2)n1. The zero-order chi connectivity index (χ0) is 15.2. The van der Waals surface area contributed by atoms with E-state index in [1.165, 1.54) is 25.5 Å². The molecule has 0 radical (unpaired) electrons. The van der Waals surface area contributed by atoms with E-state index < -0.39 is 4.92 Å². The first-order valence-corrected chi connectivity index (χ1v) is 7.59. The molecule has 2 N–H and O–H groups in total. The molecule has 1 aliphatic carbocycles. The van der Waals surface area contributed by atoms with Crippen molar-refractivity contribution in [2.45, 2.75) is 39.5 Å². The fraction of sp³-hybridized carbons (Fsp3) is 0.714. The van der Waals surface area contributed by atoms with Crippen LogP contribution in [0.4, 0.5) is 17.5 Å². The normalized spacial score (nSPS) is 21.2. The highest BCUT2D eigenvalue weighted by Gasteiger charge is 2.23. The summed E-state index contributed by atoms with van der Waals surface area (Å²) in [7, 11) is 0. The first-order valence-electron chi connectivity index (χ1n) is 7.59. The van der Waals surface area contributed by atoms with Crippen LogP contribution in [0.1, 0.15) is 39.5 Å². The predicted octanol–water partition coefficient (Wildman–Crippen LogP) is 3.05. The maximum absolute atomic E-state index is 11.1. The van der Waals surface area contributed by atoms with Gasteiger partial charge in [0.2, 0.25) is 11.8 Å². The van der Waals surface area contributed by atoms with Gasteiger partial charge < -0.3 is 10.6 Å². The molecule has 7 nitrogen and oxygen atoms in total. The number of rotatable bonds is 7.